The van der Waals surface area contributed by atoms with Gasteiger partial charge in [-0.1, -0.05) is 12.1 Å². The average molecular weight is 335 g/mol. The van der Waals surface area contributed by atoms with Gasteiger partial charge in [0, 0.05) is 18.9 Å². The quantitative estimate of drug-likeness (QED) is 0.820. The van der Waals surface area contributed by atoms with Crippen molar-refractivity contribution < 1.29 is 17.9 Å². The van der Waals surface area contributed by atoms with E-state index in [1.54, 1.807) is 30.5 Å². The molecule has 0 saturated carbocycles. The zero-order valence-electron chi connectivity index (χ0n) is 12.6. The lowest BCUT2D eigenvalue weighted by Crippen LogP contribution is -2.31. The van der Waals surface area contributed by atoms with E-state index in [2.05, 4.69) is 9.97 Å². The van der Waals surface area contributed by atoms with E-state index in [1.165, 1.54) is 23.8 Å². The summed E-state index contributed by atoms with van der Waals surface area (Å²) >= 11 is 0. The maximum absolute atomic E-state index is 12.8. The second-order valence-electron chi connectivity index (χ2n) is 5.09. The number of nitrogens with zero attached hydrogens (tertiary/aromatic N) is 3. The first-order valence-electron chi connectivity index (χ1n) is 7.17. The van der Waals surface area contributed by atoms with Crippen LogP contribution in [0.25, 0.3) is 0 Å². The van der Waals surface area contributed by atoms with Crippen LogP contribution in [0, 0.1) is 0 Å². The second kappa shape index (κ2) is 6.51. The predicted molar refractivity (Wildman–Crippen MR) is 82.8 cm³/mol. The Morgan fingerprint density at radius 2 is 2.09 bits per heavy atom. The average Bonchev–Trinajstić information content (AvgIpc) is 3.05. The molecule has 1 unspecified atom stereocenters. The summed E-state index contributed by atoms with van der Waals surface area (Å²) in [5.41, 5.74) is 0. The zero-order valence-corrected chi connectivity index (χ0v) is 13.4. The molecule has 1 aromatic heterocycles. The molecule has 1 atom stereocenters. The first-order chi connectivity index (χ1) is 11.1. The van der Waals surface area contributed by atoms with Crippen molar-refractivity contribution in [2.75, 3.05) is 20.2 Å². The van der Waals surface area contributed by atoms with Crippen LogP contribution in [0.4, 0.5) is 0 Å². The molecule has 1 aromatic carbocycles. The number of ether oxygens (including phenoxy) is 2. The minimum absolute atomic E-state index is 0.169. The van der Waals surface area contributed by atoms with Crippen molar-refractivity contribution in [3.63, 3.8) is 0 Å². The van der Waals surface area contributed by atoms with E-state index in [9.17, 15) is 8.42 Å². The highest BCUT2D eigenvalue weighted by atomic mass is 32.2. The Bertz CT molecular complexity index is 767. The maximum Gasteiger partial charge on any atom is 0.246 e. The molecule has 0 spiro atoms. The van der Waals surface area contributed by atoms with Crippen LogP contribution in [0.15, 0.2) is 47.8 Å². The fourth-order valence-electron chi connectivity index (χ4n) is 2.50. The van der Waals surface area contributed by atoms with Gasteiger partial charge in [0.25, 0.3) is 0 Å². The second-order valence-corrected chi connectivity index (χ2v) is 6.99. The molecule has 8 heteroatoms. The fraction of sp³-hybridized carbons (Fsp3) is 0.333. The van der Waals surface area contributed by atoms with Gasteiger partial charge in [-0.3, -0.25) is 4.98 Å². The Hall–Kier alpha value is -2.19. The van der Waals surface area contributed by atoms with Gasteiger partial charge in [-0.15, -0.1) is 0 Å². The molecule has 3 rings (SSSR count). The third kappa shape index (κ3) is 3.27. The van der Waals surface area contributed by atoms with Gasteiger partial charge in [0.2, 0.25) is 15.9 Å². The van der Waals surface area contributed by atoms with E-state index < -0.39 is 10.0 Å². The summed E-state index contributed by atoms with van der Waals surface area (Å²) in [5.74, 6) is 0.736. The molecule has 1 aliphatic heterocycles. The molecule has 23 heavy (non-hydrogen) atoms. The molecule has 0 N–H and O–H groups in total. The third-order valence-corrected chi connectivity index (χ3v) is 5.53. The van der Waals surface area contributed by atoms with Crippen LogP contribution in [0.2, 0.25) is 0 Å². The van der Waals surface area contributed by atoms with Gasteiger partial charge in [0.15, 0.2) is 0 Å². The van der Waals surface area contributed by atoms with Crippen LogP contribution in [-0.4, -0.2) is 49.0 Å². The predicted octanol–water partition coefficient (Wildman–Crippen LogP) is 1.33. The normalized spacial score (nSPS) is 18.7. The molecular formula is C15H17N3O4S. The van der Waals surface area contributed by atoms with Crippen molar-refractivity contribution in [1.29, 1.82) is 0 Å². The van der Waals surface area contributed by atoms with Gasteiger partial charge >= 0.3 is 0 Å². The Labute approximate surface area is 134 Å². The number of aromatic nitrogens is 2. The maximum atomic E-state index is 12.8. The van der Waals surface area contributed by atoms with Crippen molar-refractivity contribution in [2.45, 2.75) is 17.4 Å². The molecule has 2 heterocycles. The summed E-state index contributed by atoms with van der Waals surface area (Å²) in [6.07, 6.45) is 4.96. The Kier molecular flexibility index (Phi) is 4.44. The topological polar surface area (TPSA) is 81.6 Å². The first kappa shape index (κ1) is 15.7. The van der Waals surface area contributed by atoms with Gasteiger partial charge in [0.05, 0.1) is 19.9 Å². The van der Waals surface area contributed by atoms with E-state index in [4.69, 9.17) is 9.47 Å². The lowest BCUT2D eigenvalue weighted by atomic mass is 10.3. The summed E-state index contributed by atoms with van der Waals surface area (Å²) in [6, 6.07) is 6.60. The third-order valence-electron chi connectivity index (χ3n) is 3.62. The molecule has 1 aliphatic rings. The van der Waals surface area contributed by atoms with Gasteiger partial charge in [-0.2, -0.15) is 4.31 Å². The molecule has 2 aromatic rings. The largest absolute Gasteiger partial charge is 0.495 e. The first-order valence-corrected chi connectivity index (χ1v) is 8.61. The number of hydrogen-bond donors (Lipinski definition) is 0. The highest BCUT2D eigenvalue weighted by Crippen LogP contribution is 2.29. The van der Waals surface area contributed by atoms with E-state index in [1.807, 2.05) is 0 Å². The lowest BCUT2D eigenvalue weighted by molar-refractivity contribution is 0.206. The van der Waals surface area contributed by atoms with Crippen LogP contribution in [0.3, 0.4) is 0 Å². The van der Waals surface area contributed by atoms with Crippen LogP contribution in [0.1, 0.15) is 6.42 Å². The molecule has 0 radical (unpaired) electrons. The molecule has 0 aliphatic carbocycles. The minimum atomic E-state index is -3.61. The van der Waals surface area contributed by atoms with Crippen molar-refractivity contribution in [3.8, 4) is 11.6 Å². The fourth-order valence-corrected chi connectivity index (χ4v) is 4.14. The number of rotatable bonds is 5. The molecule has 122 valence electrons. The lowest BCUT2D eigenvalue weighted by Gasteiger charge is -2.18. The summed E-state index contributed by atoms with van der Waals surface area (Å²) in [5, 5.41) is 0. The standard InChI is InChI=1S/C15H17N3O4S/c1-21-13-4-2-3-5-14(13)23(19,20)18-9-6-12(11-18)22-15-10-16-7-8-17-15/h2-5,7-8,10,12H,6,9,11H2,1H3. The van der Waals surface area contributed by atoms with Gasteiger partial charge in [-0.25, -0.2) is 13.4 Å². The SMILES string of the molecule is COc1ccccc1S(=O)(=O)N1CCC(Oc2cnccn2)C1. The van der Waals surface area contributed by atoms with Crippen molar-refractivity contribution >= 4 is 10.0 Å². The molecule has 0 amide bonds. The summed E-state index contributed by atoms with van der Waals surface area (Å²) in [7, 11) is -2.16. The van der Waals surface area contributed by atoms with E-state index in [0.29, 0.717) is 24.6 Å². The van der Waals surface area contributed by atoms with Gasteiger partial charge in [0.1, 0.15) is 16.7 Å². The van der Waals surface area contributed by atoms with E-state index in [-0.39, 0.29) is 17.5 Å². The number of benzene rings is 1. The number of sulfonamides is 1. The highest BCUT2D eigenvalue weighted by Gasteiger charge is 2.35. The van der Waals surface area contributed by atoms with E-state index in [0.717, 1.165) is 0 Å². The smallest absolute Gasteiger partial charge is 0.246 e. The van der Waals surface area contributed by atoms with Gasteiger partial charge in [-0.05, 0) is 18.6 Å². The monoisotopic (exact) mass is 335 g/mol. The number of hydrogen-bond acceptors (Lipinski definition) is 6. The van der Waals surface area contributed by atoms with Crippen LogP contribution < -0.4 is 9.47 Å². The summed E-state index contributed by atoms with van der Waals surface area (Å²) in [4.78, 5) is 8.14. The Morgan fingerprint density at radius 1 is 1.26 bits per heavy atom. The molecule has 1 fully saturated rings. The molecular weight excluding hydrogens is 318 g/mol. The van der Waals surface area contributed by atoms with Crippen LogP contribution in [-0.2, 0) is 10.0 Å². The molecule has 0 bridgehead atoms. The molecule has 7 nitrogen and oxygen atoms in total. The molecule has 1 saturated heterocycles. The van der Waals surface area contributed by atoms with Crippen molar-refractivity contribution in [1.82, 2.24) is 14.3 Å². The number of para-hydroxylation sites is 1. The number of methoxy groups -OCH3 is 1. The zero-order chi connectivity index (χ0) is 16.3. The Morgan fingerprint density at radius 3 is 2.83 bits per heavy atom. The highest BCUT2D eigenvalue weighted by molar-refractivity contribution is 7.89. The van der Waals surface area contributed by atoms with Crippen LogP contribution >= 0.6 is 0 Å². The van der Waals surface area contributed by atoms with E-state index >= 15 is 0 Å². The summed E-state index contributed by atoms with van der Waals surface area (Å²) < 4.78 is 37.8. The van der Waals surface area contributed by atoms with Crippen molar-refractivity contribution in [2.24, 2.45) is 0 Å². The Balaban J connectivity index is 1.75. The summed E-state index contributed by atoms with van der Waals surface area (Å²) in [6.45, 7) is 0.669. The van der Waals surface area contributed by atoms with Crippen molar-refractivity contribution in [3.05, 3.63) is 42.9 Å². The minimum Gasteiger partial charge on any atom is -0.495 e. The van der Waals surface area contributed by atoms with Gasteiger partial charge < -0.3 is 9.47 Å². The van der Waals surface area contributed by atoms with Crippen LogP contribution in [0.5, 0.6) is 11.6 Å².